The standard InChI is InChI=1S/C30H33ClN6O4/c1-17-5-4-6-19(11-17)25(16-38)34-28(40)18(2)37-14-21-8-7-20(12-23(21)29(37)41)27-24(31)13-32-30(35-27)33-22-9-10-26(39)36(3)15-22/h4-8,11-13,18,22,25,38H,9-10,14-16H2,1-3H3,(H,34,40)(H,32,33,35)/t18-,22?,25-/m1/s1. The van der Waals surface area contributed by atoms with Crippen molar-refractivity contribution in [2.45, 2.75) is 51.4 Å². The van der Waals surface area contributed by atoms with Gasteiger partial charge in [0.2, 0.25) is 17.8 Å². The van der Waals surface area contributed by atoms with Crippen molar-refractivity contribution in [3.8, 4) is 11.3 Å². The number of carbonyl (C=O) groups excluding carboxylic acids is 3. The number of aryl methyl sites for hydroxylation is 1. The van der Waals surface area contributed by atoms with Gasteiger partial charge in [-0.15, -0.1) is 0 Å². The number of nitrogens with zero attached hydrogens (tertiary/aromatic N) is 4. The quantitative estimate of drug-likeness (QED) is 0.375. The van der Waals surface area contributed by atoms with Crippen molar-refractivity contribution in [2.75, 3.05) is 25.5 Å². The lowest BCUT2D eigenvalue weighted by atomic mass is 10.0. The average Bonchev–Trinajstić information content (AvgIpc) is 3.29. The zero-order valence-electron chi connectivity index (χ0n) is 23.2. The zero-order chi connectivity index (χ0) is 29.3. The molecule has 0 bridgehead atoms. The third-order valence-electron chi connectivity index (χ3n) is 7.71. The van der Waals surface area contributed by atoms with E-state index in [1.807, 2.05) is 43.3 Å². The van der Waals surface area contributed by atoms with Crippen LogP contribution in [0.25, 0.3) is 11.3 Å². The summed E-state index contributed by atoms with van der Waals surface area (Å²) < 4.78 is 0. The zero-order valence-corrected chi connectivity index (χ0v) is 24.0. The van der Waals surface area contributed by atoms with Crippen molar-refractivity contribution in [2.24, 2.45) is 0 Å². The summed E-state index contributed by atoms with van der Waals surface area (Å²) in [7, 11) is 1.77. The molecule has 0 saturated carbocycles. The summed E-state index contributed by atoms with van der Waals surface area (Å²) in [5.74, 6) is -0.109. The van der Waals surface area contributed by atoms with Crippen LogP contribution in [0, 0.1) is 6.92 Å². The van der Waals surface area contributed by atoms with Crippen LogP contribution in [0.3, 0.4) is 0 Å². The molecule has 0 spiro atoms. The number of rotatable bonds is 8. The van der Waals surface area contributed by atoms with Crippen molar-refractivity contribution in [1.29, 1.82) is 0 Å². The molecule has 41 heavy (non-hydrogen) atoms. The van der Waals surface area contributed by atoms with E-state index in [1.165, 1.54) is 11.1 Å². The first-order chi connectivity index (χ1) is 19.6. The summed E-state index contributed by atoms with van der Waals surface area (Å²) >= 11 is 6.47. The second-order valence-electron chi connectivity index (χ2n) is 10.7. The van der Waals surface area contributed by atoms with Crippen LogP contribution in [0.5, 0.6) is 0 Å². The summed E-state index contributed by atoms with van der Waals surface area (Å²) in [4.78, 5) is 50.5. The molecule has 1 unspecified atom stereocenters. The number of halogens is 1. The number of amides is 3. The molecule has 3 aromatic rings. The number of likely N-dealkylation sites (tertiary alicyclic amines) is 1. The molecule has 2 aliphatic rings. The molecule has 3 heterocycles. The van der Waals surface area contributed by atoms with Gasteiger partial charge < -0.3 is 25.5 Å². The highest BCUT2D eigenvalue weighted by Crippen LogP contribution is 2.32. The van der Waals surface area contributed by atoms with Crippen molar-refractivity contribution in [1.82, 2.24) is 25.1 Å². The van der Waals surface area contributed by atoms with Gasteiger partial charge in [0.15, 0.2) is 0 Å². The SMILES string of the molecule is Cc1cccc([C@@H](CO)NC(=O)[C@@H](C)N2Cc3ccc(-c4nc(NC5CCC(=O)N(C)C5)ncc4Cl)cc3C2=O)c1. The van der Waals surface area contributed by atoms with Crippen LogP contribution in [-0.4, -0.2) is 74.9 Å². The molecule has 3 amide bonds. The second kappa shape index (κ2) is 11.8. The molecule has 214 valence electrons. The van der Waals surface area contributed by atoms with Gasteiger partial charge in [-0.2, -0.15) is 0 Å². The van der Waals surface area contributed by atoms with E-state index in [1.54, 1.807) is 24.9 Å². The lowest BCUT2D eigenvalue weighted by Gasteiger charge is -2.30. The number of nitrogens with one attached hydrogen (secondary N) is 2. The van der Waals surface area contributed by atoms with E-state index in [4.69, 9.17) is 11.6 Å². The van der Waals surface area contributed by atoms with E-state index in [2.05, 4.69) is 20.6 Å². The third-order valence-corrected chi connectivity index (χ3v) is 7.99. The summed E-state index contributed by atoms with van der Waals surface area (Å²) in [6.45, 7) is 4.21. The Hall–Kier alpha value is -4.02. The van der Waals surface area contributed by atoms with E-state index in [0.717, 1.165) is 16.7 Å². The molecule has 10 nitrogen and oxygen atoms in total. The Balaban J connectivity index is 1.30. The molecule has 0 radical (unpaired) electrons. The maximum Gasteiger partial charge on any atom is 0.255 e. The molecule has 1 aromatic heterocycles. The van der Waals surface area contributed by atoms with E-state index >= 15 is 0 Å². The second-order valence-corrected chi connectivity index (χ2v) is 11.1. The van der Waals surface area contributed by atoms with E-state index in [0.29, 0.717) is 47.2 Å². The van der Waals surface area contributed by atoms with Gasteiger partial charge in [-0.25, -0.2) is 9.97 Å². The van der Waals surface area contributed by atoms with Crippen LogP contribution >= 0.6 is 11.6 Å². The number of carbonyl (C=O) groups is 3. The van der Waals surface area contributed by atoms with Gasteiger partial charge in [-0.1, -0.05) is 53.6 Å². The van der Waals surface area contributed by atoms with E-state index in [-0.39, 0.29) is 36.9 Å². The highest BCUT2D eigenvalue weighted by molar-refractivity contribution is 6.33. The van der Waals surface area contributed by atoms with Crippen LogP contribution in [0.2, 0.25) is 5.02 Å². The largest absolute Gasteiger partial charge is 0.394 e. The molecule has 0 aliphatic carbocycles. The summed E-state index contributed by atoms with van der Waals surface area (Å²) in [6, 6.07) is 11.7. The molecule has 3 atom stereocenters. The molecule has 11 heteroatoms. The minimum Gasteiger partial charge on any atom is -0.394 e. The number of hydrogen-bond acceptors (Lipinski definition) is 7. The van der Waals surface area contributed by atoms with Crippen LogP contribution in [0.4, 0.5) is 5.95 Å². The number of aliphatic hydroxyl groups excluding tert-OH is 1. The Bertz CT molecular complexity index is 1500. The monoisotopic (exact) mass is 576 g/mol. The average molecular weight is 577 g/mol. The first-order valence-corrected chi connectivity index (χ1v) is 14.0. The number of hydrogen-bond donors (Lipinski definition) is 3. The van der Waals surface area contributed by atoms with E-state index in [9.17, 15) is 19.5 Å². The van der Waals surface area contributed by atoms with Gasteiger partial charge in [0.1, 0.15) is 6.04 Å². The Morgan fingerprint density at radius 2 is 2.02 bits per heavy atom. The number of anilines is 1. The summed E-state index contributed by atoms with van der Waals surface area (Å²) in [5, 5.41) is 16.4. The first kappa shape index (κ1) is 28.5. The molecule has 5 rings (SSSR count). The first-order valence-electron chi connectivity index (χ1n) is 13.6. The minimum absolute atomic E-state index is 0.0193. The third kappa shape index (κ3) is 6.03. The van der Waals surface area contributed by atoms with Crippen molar-refractivity contribution >= 4 is 35.3 Å². The van der Waals surface area contributed by atoms with Gasteiger partial charge in [-0.05, 0) is 37.5 Å². The van der Waals surface area contributed by atoms with Crippen LogP contribution in [-0.2, 0) is 16.1 Å². The van der Waals surface area contributed by atoms with Gasteiger partial charge in [-0.3, -0.25) is 14.4 Å². The maximum atomic E-state index is 13.5. The smallest absolute Gasteiger partial charge is 0.255 e. The molecular formula is C30H33ClN6O4. The van der Waals surface area contributed by atoms with Crippen molar-refractivity contribution < 1.29 is 19.5 Å². The van der Waals surface area contributed by atoms with Crippen molar-refractivity contribution in [3.63, 3.8) is 0 Å². The number of likely N-dealkylation sites (N-methyl/N-ethyl adjacent to an activating group) is 1. The molecule has 1 saturated heterocycles. The Morgan fingerprint density at radius 3 is 2.76 bits per heavy atom. The van der Waals surface area contributed by atoms with Gasteiger partial charge in [0, 0.05) is 43.7 Å². The number of piperidine rings is 1. The predicted molar refractivity (Wildman–Crippen MR) is 155 cm³/mol. The number of benzene rings is 2. The highest BCUT2D eigenvalue weighted by Gasteiger charge is 2.35. The molecule has 1 fully saturated rings. The summed E-state index contributed by atoms with van der Waals surface area (Å²) in [6.07, 6.45) is 2.66. The van der Waals surface area contributed by atoms with Crippen LogP contribution < -0.4 is 10.6 Å². The lowest BCUT2D eigenvalue weighted by molar-refractivity contribution is -0.132. The fraction of sp³-hybridized carbons (Fsp3) is 0.367. The van der Waals surface area contributed by atoms with Gasteiger partial charge >= 0.3 is 0 Å². The Labute approximate surface area is 243 Å². The van der Waals surface area contributed by atoms with Crippen LogP contribution in [0.15, 0.2) is 48.7 Å². The maximum absolute atomic E-state index is 13.5. The lowest BCUT2D eigenvalue weighted by Crippen LogP contribution is -2.46. The Kier molecular flexibility index (Phi) is 8.23. The normalized spacial score (nSPS) is 18.2. The molecule has 2 aliphatic heterocycles. The molecular weight excluding hydrogens is 544 g/mol. The van der Waals surface area contributed by atoms with Gasteiger partial charge in [0.05, 0.1) is 29.6 Å². The predicted octanol–water partition coefficient (Wildman–Crippen LogP) is 3.33. The number of aromatic nitrogens is 2. The number of aliphatic hydroxyl groups is 1. The van der Waals surface area contributed by atoms with Crippen molar-refractivity contribution in [3.05, 3.63) is 75.9 Å². The number of fused-ring (bicyclic) bond motifs is 1. The van der Waals surface area contributed by atoms with Gasteiger partial charge in [0.25, 0.3) is 5.91 Å². The highest BCUT2D eigenvalue weighted by atomic mass is 35.5. The fourth-order valence-electron chi connectivity index (χ4n) is 5.29. The molecule has 3 N–H and O–H groups in total. The Morgan fingerprint density at radius 1 is 1.22 bits per heavy atom. The van der Waals surface area contributed by atoms with Crippen LogP contribution in [0.1, 0.15) is 52.9 Å². The minimum atomic E-state index is -0.754. The fourth-order valence-corrected chi connectivity index (χ4v) is 5.49. The van der Waals surface area contributed by atoms with E-state index < -0.39 is 12.1 Å². The summed E-state index contributed by atoms with van der Waals surface area (Å²) in [5.41, 5.74) is 4.24. The molecule has 2 aromatic carbocycles. The topological polar surface area (TPSA) is 128 Å².